The zero-order valence-electron chi connectivity index (χ0n) is 5.63. The van der Waals surface area contributed by atoms with Gasteiger partial charge >= 0.3 is 0 Å². The van der Waals surface area contributed by atoms with Crippen LogP contribution in [-0.4, -0.2) is 27.3 Å². The third kappa shape index (κ3) is 1.73. The molecule has 0 saturated carbocycles. The number of rotatable bonds is 3. The number of amides is 2. The van der Waals surface area contributed by atoms with Gasteiger partial charge in [0.2, 0.25) is 0 Å². The van der Waals surface area contributed by atoms with Crippen molar-refractivity contribution < 1.29 is 29.4 Å². The number of nitrogens with zero attached hydrogens (tertiary/aromatic N) is 1. The molecule has 1 aliphatic heterocycles. The summed E-state index contributed by atoms with van der Waals surface area (Å²) in [5.74, 6) is -1.55. The quantitative estimate of drug-likeness (QED) is 0.189. The van der Waals surface area contributed by atoms with Crippen LogP contribution in [0.2, 0.25) is 0 Å². The number of carbonyl (C=O) groups is 2. The summed E-state index contributed by atoms with van der Waals surface area (Å²) in [4.78, 5) is 21.4. The first-order valence-electron chi connectivity index (χ1n) is 2.84. The fourth-order valence-corrected chi connectivity index (χ4v) is 1.25. The lowest BCUT2D eigenvalue weighted by atomic mass is 10.4. The van der Waals surface area contributed by atoms with Crippen molar-refractivity contribution in [3.63, 3.8) is 0 Å². The molecule has 1 heterocycles. The SMILES string of the molecule is O=C1CC(SOO[O-])C(=O)N1O. The fourth-order valence-electron chi connectivity index (χ4n) is 0.730. The second-order valence-corrected chi connectivity index (χ2v) is 2.87. The van der Waals surface area contributed by atoms with Crippen LogP contribution in [0.3, 0.4) is 0 Å². The molecule has 8 heteroatoms. The van der Waals surface area contributed by atoms with Gasteiger partial charge in [0.25, 0.3) is 11.8 Å². The molecule has 0 radical (unpaired) electrons. The first-order chi connectivity index (χ1) is 5.66. The van der Waals surface area contributed by atoms with E-state index >= 15 is 0 Å². The zero-order chi connectivity index (χ0) is 9.14. The number of hydrogen-bond donors (Lipinski definition) is 1. The van der Waals surface area contributed by atoms with Crippen molar-refractivity contribution in [2.24, 2.45) is 0 Å². The maximum Gasteiger partial charge on any atom is 0.269 e. The smallest absolute Gasteiger partial charge is 0.269 e. The van der Waals surface area contributed by atoms with Crippen LogP contribution in [0.15, 0.2) is 0 Å². The Morgan fingerprint density at radius 1 is 1.67 bits per heavy atom. The largest absolute Gasteiger partial charge is 0.691 e. The van der Waals surface area contributed by atoms with E-state index in [-0.39, 0.29) is 11.5 Å². The van der Waals surface area contributed by atoms with E-state index in [1.54, 1.807) is 0 Å². The van der Waals surface area contributed by atoms with Gasteiger partial charge in [-0.1, -0.05) is 0 Å². The molecule has 12 heavy (non-hydrogen) atoms. The van der Waals surface area contributed by atoms with Crippen LogP contribution in [0.1, 0.15) is 6.42 Å². The number of hydrogen-bond acceptors (Lipinski definition) is 7. The van der Waals surface area contributed by atoms with Gasteiger partial charge in [-0.2, -0.15) is 9.40 Å². The molecule has 1 unspecified atom stereocenters. The average molecular weight is 194 g/mol. The minimum absolute atomic E-state index is 0.00811. The van der Waals surface area contributed by atoms with Gasteiger partial charge in [-0.3, -0.25) is 19.8 Å². The van der Waals surface area contributed by atoms with Crippen molar-refractivity contribution in [2.45, 2.75) is 11.7 Å². The first kappa shape index (κ1) is 9.42. The molecule has 0 aromatic heterocycles. The molecule has 1 fully saturated rings. The zero-order valence-corrected chi connectivity index (χ0v) is 6.44. The minimum atomic E-state index is -0.906. The predicted molar refractivity (Wildman–Crippen MR) is 31.8 cm³/mol. The van der Waals surface area contributed by atoms with E-state index in [9.17, 15) is 14.8 Å². The molecule has 0 bridgehead atoms. The fraction of sp³-hybridized carbons (Fsp3) is 0.500. The van der Waals surface area contributed by atoms with Crippen molar-refractivity contribution in [3.05, 3.63) is 0 Å². The highest BCUT2D eigenvalue weighted by Crippen LogP contribution is 2.24. The van der Waals surface area contributed by atoms with Crippen LogP contribution in [0.5, 0.6) is 0 Å². The summed E-state index contributed by atoms with van der Waals surface area (Å²) in [7, 11) is 0. The van der Waals surface area contributed by atoms with Gasteiger partial charge in [0, 0.05) is 12.0 Å². The average Bonchev–Trinajstić information content (AvgIpc) is 2.30. The monoisotopic (exact) mass is 194 g/mol. The van der Waals surface area contributed by atoms with Crippen LogP contribution in [0, 0.1) is 0 Å². The highest BCUT2D eigenvalue weighted by Gasteiger charge is 2.39. The van der Waals surface area contributed by atoms with E-state index in [1.165, 1.54) is 0 Å². The second kappa shape index (κ2) is 3.83. The third-order valence-corrected chi connectivity index (χ3v) is 2.00. The van der Waals surface area contributed by atoms with E-state index in [2.05, 4.69) is 9.37 Å². The Bertz CT molecular complexity index is 208. The lowest BCUT2D eigenvalue weighted by Gasteiger charge is -2.07. The van der Waals surface area contributed by atoms with Crippen LogP contribution in [0.25, 0.3) is 0 Å². The maximum atomic E-state index is 10.8. The Hall–Kier alpha value is -0.670. The summed E-state index contributed by atoms with van der Waals surface area (Å²) in [6.45, 7) is 0. The number of carbonyl (C=O) groups excluding carboxylic acids is 2. The van der Waals surface area contributed by atoms with E-state index in [0.717, 1.165) is 0 Å². The van der Waals surface area contributed by atoms with Crippen LogP contribution in [-0.2, 0) is 19.0 Å². The van der Waals surface area contributed by atoms with Gasteiger partial charge in [-0.25, -0.2) is 0 Å². The molecule has 1 aliphatic rings. The van der Waals surface area contributed by atoms with Crippen LogP contribution >= 0.6 is 12.0 Å². The molecule has 2 amide bonds. The topological polar surface area (TPSA) is 99.1 Å². The molecular formula is C4H4NO6S-. The van der Waals surface area contributed by atoms with Crippen molar-refractivity contribution in [1.82, 2.24) is 5.06 Å². The van der Waals surface area contributed by atoms with Crippen molar-refractivity contribution >= 4 is 23.9 Å². The van der Waals surface area contributed by atoms with Gasteiger partial charge in [-0.05, 0) is 0 Å². The lowest BCUT2D eigenvalue weighted by molar-refractivity contribution is -0.777. The lowest BCUT2D eigenvalue weighted by Crippen LogP contribution is -2.27. The highest BCUT2D eigenvalue weighted by atomic mass is 32.2. The summed E-state index contributed by atoms with van der Waals surface area (Å²) in [5, 5.41) is 20.1. The Balaban J connectivity index is 2.47. The van der Waals surface area contributed by atoms with E-state index < -0.39 is 17.1 Å². The molecule has 68 valence electrons. The Labute approximate surface area is 70.9 Å². The molecule has 1 rings (SSSR count). The Morgan fingerprint density at radius 3 is 2.75 bits per heavy atom. The normalized spacial score (nSPS) is 23.8. The van der Waals surface area contributed by atoms with Crippen molar-refractivity contribution in [1.29, 1.82) is 0 Å². The summed E-state index contributed by atoms with van der Waals surface area (Å²) >= 11 is 0.393. The molecule has 0 aromatic carbocycles. The molecule has 0 spiro atoms. The minimum Gasteiger partial charge on any atom is -0.691 e. The van der Waals surface area contributed by atoms with Gasteiger partial charge in [0.05, 0.1) is 6.42 Å². The molecule has 0 aliphatic carbocycles. The summed E-state index contributed by atoms with van der Waals surface area (Å²) < 4.78 is 3.83. The van der Waals surface area contributed by atoms with E-state index in [4.69, 9.17) is 5.21 Å². The summed E-state index contributed by atoms with van der Waals surface area (Å²) in [6, 6.07) is 0. The summed E-state index contributed by atoms with van der Waals surface area (Å²) in [5.41, 5.74) is 0. The highest BCUT2D eigenvalue weighted by molar-refractivity contribution is 7.96. The van der Waals surface area contributed by atoms with Crippen molar-refractivity contribution in [2.75, 3.05) is 0 Å². The molecule has 7 nitrogen and oxygen atoms in total. The van der Waals surface area contributed by atoms with Crippen molar-refractivity contribution in [3.8, 4) is 0 Å². The first-order valence-corrected chi connectivity index (χ1v) is 3.65. The molecule has 0 aromatic rings. The number of hydroxylamine groups is 2. The van der Waals surface area contributed by atoms with Crippen LogP contribution in [0.4, 0.5) is 0 Å². The standard InChI is InChI=1S/C4H5NO6S/c6-3-1-2(12-11-10-9)4(7)5(3)8/h2,8-9H,1H2/p-1. The third-order valence-electron chi connectivity index (χ3n) is 1.26. The summed E-state index contributed by atoms with van der Waals surface area (Å²) in [6.07, 6.45) is -0.205. The predicted octanol–water partition coefficient (Wildman–Crippen LogP) is -1.63. The molecule has 1 atom stereocenters. The number of imide groups is 1. The molecular weight excluding hydrogens is 190 g/mol. The van der Waals surface area contributed by atoms with E-state index in [0.29, 0.717) is 12.0 Å². The van der Waals surface area contributed by atoms with Gasteiger partial charge in [-0.15, -0.1) is 0 Å². The Morgan fingerprint density at radius 2 is 2.33 bits per heavy atom. The van der Waals surface area contributed by atoms with Gasteiger partial charge < -0.3 is 5.26 Å². The van der Waals surface area contributed by atoms with E-state index in [1.807, 2.05) is 0 Å². The maximum absolute atomic E-state index is 10.8. The van der Waals surface area contributed by atoms with Gasteiger partial charge in [0.15, 0.2) is 0 Å². The molecule has 1 N–H and O–H groups in total. The second-order valence-electron chi connectivity index (χ2n) is 1.97. The van der Waals surface area contributed by atoms with Gasteiger partial charge in [0.1, 0.15) is 5.25 Å². The Kier molecular flexibility index (Phi) is 3.00. The van der Waals surface area contributed by atoms with Crippen LogP contribution < -0.4 is 5.26 Å². The molecule has 1 saturated heterocycles.